The number of aromatic nitrogens is 6. The van der Waals surface area contributed by atoms with Crippen molar-refractivity contribution in [2.24, 2.45) is 7.05 Å². The van der Waals surface area contributed by atoms with Gasteiger partial charge in [0.05, 0.1) is 25.0 Å². The molecule has 0 atom stereocenters. The zero-order chi connectivity index (χ0) is 20.9. The van der Waals surface area contributed by atoms with Crippen LogP contribution in [0.1, 0.15) is 24.3 Å². The molecule has 0 saturated heterocycles. The maximum Gasteiger partial charge on any atom is 0.263 e. The third-order valence-electron chi connectivity index (χ3n) is 5.09. The minimum Gasteiger partial charge on any atom is -0.479 e. The second-order valence-electron chi connectivity index (χ2n) is 7.16. The first-order valence-electron chi connectivity index (χ1n) is 9.35. The summed E-state index contributed by atoms with van der Waals surface area (Å²) in [6.07, 6.45) is 10.6. The Morgan fingerprint density at radius 1 is 1.10 bits per heavy atom. The Bertz CT molecular complexity index is 1340. The highest BCUT2D eigenvalue weighted by atomic mass is 32.2. The van der Waals surface area contributed by atoms with Crippen LogP contribution < -0.4 is 9.46 Å². The standard InChI is InChI=1S/C19H19N7O3S/c1-25-18-13(8-22-25)7-21-19(29-2)17(18)24-30(27,28)15-5-6-16(20-10-15)26-11-14(9-23-26)12-3-4-12/h5-12,24H,3-4H2,1-2H3. The summed E-state index contributed by atoms with van der Waals surface area (Å²) in [5.74, 6) is 1.29. The van der Waals surface area contributed by atoms with Gasteiger partial charge in [0, 0.05) is 31.0 Å². The number of pyridine rings is 2. The maximum absolute atomic E-state index is 13.0. The molecule has 4 heterocycles. The van der Waals surface area contributed by atoms with E-state index in [1.54, 1.807) is 34.9 Å². The van der Waals surface area contributed by atoms with E-state index in [0.717, 1.165) is 0 Å². The van der Waals surface area contributed by atoms with Gasteiger partial charge < -0.3 is 4.74 Å². The Labute approximate surface area is 172 Å². The number of hydrogen-bond donors (Lipinski definition) is 1. The number of nitrogens with zero attached hydrogens (tertiary/aromatic N) is 6. The second kappa shape index (κ2) is 6.80. The van der Waals surface area contributed by atoms with Crippen LogP contribution in [-0.4, -0.2) is 45.1 Å². The lowest BCUT2D eigenvalue weighted by atomic mass is 10.2. The highest BCUT2D eigenvalue weighted by Crippen LogP contribution is 2.39. The van der Waals surface area contributed by atoms with E-state index in [1.807, 2.05) is 12.4 Å². The van der Waals surface area contributed by atoms with Crippen LogP contribution in [0.5, 0.6) is 5.88 Å². The summed E-state index contributed by atoms with van der Waals surface area (Å²) in [5.41, 5.74) is 1.97. The van der Waals surface area contributed by atoms with Crippen LogP contribution in [0.4, 0.5) is 5.69 Å². The molecule has 0 unspecified atom stereocenters. The number of nitrogens with one attached hydrogen (secondary N) is 1. The molecule has 10 nitrogen and oxygen atoms in total. The zero-order valence-electron chi connectivity index (χ0n) is 16.3. The summed E-state index contributed by atoms with van der Waals surface area (Å²) in [6, 6.07) is 3.12. The molecule has 4 aromatic rings. The topological polar surface area (TPSA) is 117 Å². The molecule has 0 aliphatic heterocycles. The number of sulfonamides is 1. The van der Waals surface area contributed by atoms with E-state index in [4.69, 9.17) is 4.74 Å². The van der Waals surface area contributed by atoms with Crippen molar-refractivity contribution in [2.45, 2.75) is 23.7 Å². The SMILES string of the molecule is COc1ncc2cnn(C)c2c1NS(=O)(=O)c1ccc(-n2cc(C3CC3)cn2)nc1. The van der Waals surface area contributed by atoms with Gasteiger partial charge >= 0.3 is 0 Å². The number of anilines is 1. The number of rotatable bonds is 6. The van der Waals surface area contributed by atoms with Crippen LogP contribution in [-0.2, 0) is 17.1 Å². The number of hydrogen-bond acceptors (Lipinski definition) is 7. The first-order chi connectivity index (χ1) is 14.5. The molecule has 1 aliphatic carbocycles. The molecule has 5 rings (SSSR count). The van der Waals surface area contributed by atoms with Gasteiger partial charge in [-0.15, -0.1) is 0 Å². The molecule has 0 spiro atoms. The van der Waals surface area contributed by atoms with Crippen molar-refractivity contribution in [3.63, 3.8) is 0 Å². The smallest absolute Gasteiger partial charge is 0.263 e. The molecule has 1 N–H and O–H groups in total. The van der Waals surface area contributed by atoms with E-state index >= 15 is 0 Å². The molecule has 4 aromatic heterocycles. The Balaban J connectivity index is 1.47. The first kappa shape index (κ1) is 18.6. The van der Waals surface area contributed by atoms with Gasteiger partial charge in [0.15, 0.2) is 5.82 Å². The molecular formula is C19H19N7O3S. The van der Waals surface area contributed by atoms with E-state index in [9.17, 15) is 8.42 Å². The van der Waals surface area contributed by atoms with Crippen molar-refractivity contribution in [1.82, 2.24) is 29.5 Å². The van der Waals surface area contributed by atoms with Crippen LogP contribution in [0, 0.1) is 0 Å². The minimum atomic E-state index is -3.93. The van der Waals surface area contributed by atoms with Crippen molar-refractivity contribution in [3.05, 3.63) is 48.7 Å². The molecule has 0 bridgehead atoms. The van der Waals surface area contributed by atoms with E-state index < -0.39 is 10.0 Å². The van der Waals surface area contributed by atoms with Crippen molar-refractivity contribution < 1.29 is 13.2 Å². The third kappa shape index (κ3) is 3.16. The fraction of sp³-hybridized carbons (Fsp3) is 0.263. The number of methoxy groups -OCH3 is 1. The summed E-state index contributed by atoms with van der Waals surface area (Å²) >= 11 is 0. The molecule has 30 heavy (non-hydrogen) atoms. The molecule has 1 fully saturated rings. The van der Waals surface area contributed by atoms with Crippen LogP contribution >= 0.6 is 0 Å². The highest BCUT2D eigenvalue weighted by molar-refractivity contribution is 7.92. The maximum atomic E-state index is 13.0. The minimum absolute atomic E-state index is 0.0158. The van der Waals surface area contributed by atoms with Crippen LogP contribution in [0.2, 0.25) is 0 Å². The summed E-state index contributed by atoms with van der Waals surface area (Å²) in [7, 11) is -0.785. The zero-order valence-corrected chi connectivity index (χ0v) is 17.2. The molecule has 1 saturated carbocycles. The van der Waals surface area contributed by atoms with E-state index in [0.29, 0.717) is 22.6 Å². The normalized spacial score (nSPS) is 14.2. The van der Waals surface area contributed by atoms with Crippen molar-refractivity contribution in [1.29, 1.82) is 0 Å². The number of aryl methyl sites for hydroxylation is 1. The van der Waals surface area contributed by atoms with Gasteiger partial charge in [-0.05, 0) is 36.5 Å². The van der Waals surface area contributed by atoms with Gasteiger partial charge in [-0.1, -0.05) is 0 Å². The summed E-state index contributed by atoms with van der Waals surface area (Å²) in [4.78, 5) is 8.46. The number of ether oxygens (including phenoxy) is 1. The lowest BCUT2D eigenvalue weighted by Crippen LogP contribution is -2.15. The Hall–Kier alpha value is -3.47. The number of fused-ring (bicyclic) bond motifs is 1. The van der Waals surface area contributed by atoms with Crippen LogP contribution in [0.3, 0.4) is 0 Å². The molecule has 154 valence electrons. The fourth-order valence-corrected chi connectivity index (χ4v) is 4.35. The van der Waals surface area contributed by atoms with Crippen LogP contribution in [0.15, 0.2) is 48.0 Å². The van der Waals surface area contributed by atoms with E-state index in [1.165, 1.54) is 37.8 Å². The lowest BCUT2D eigenvalue weighted by Gasteiger charge is -2.13. The van der Waals surface area contributed by atoms with Gasteiger partial charge in [-0.3, -0.25) is 9.40 Å². The Morgan fingerprint density at radius 2 is 1.93 bits per heavy atom. The fourth-order valence-electron chi connectivity index (χ4n) is 3.35. The molecule has 1 aliphatic rings. The summed E-state index contributed by atoms with van der Waals surface area (Å²) in [6.45, 7) is 0. The predicted molar refractivity (Wildman–Crippen MR) is 109 cm³/mol. The van der Waals surface area contributed by atoms with Gasteiger partial charge in [0.25, 0.3) is 10.0 Å². The first-order valence-corrected chi connectivity index (χ1v) is 10.8. The lowest BCUT2D eigenvalue weighted by molar-refractivity contribution is 0.400. The van der Waals surface area contributed by atoms with E-state index in [-0.39, 0.29) is 16.5 Å². The van der Waals surface area contributed by atoms with Crippen molar-refractivity contribution in [3.8, 4) is 11.7 Å². The van der Waals surface area contributed by atoms with Crippen molar-refractivity contribution >= 4 is 26.6 Å². The van der Waals surface area contributed by atoms with Crippen LogP contribution in [0.25, 0.3) is 16.7 Å². The van der Waals surface area contributed by atoms with E-state index in [2.05, 4.69) is 24.9 Å². The monoisotopic (exact) mass is 425 g/mol. The largest absolute Gasteiger partial charge is 0.479 e. The quantitative estimate of drug-likeness (QED) is 0.503. The Kier molecular flexibility index (Phi) is 4.21. The summed E-state index contributed by atoms with van der Waals surface area (Å²) in [5, 5.41) is 9.17. The average Bonchev–Trinajstić information content (AvgIpc) is 3.35. The molecular weight excluding hydrogens is 406 g/mol. The van der Waals surface area contributed by atoms with Gasteiger partial charge in [0.2, 0.25) is 5.88 Å². The third-order valence-corrected chi connectivity index (χ3v) is 6.42. The van der Waals surface area contributed by atoms with Gasteiger partial charge in [-0.2, -0.15) is 10.2 Å². The van der Waals surface area contributed by atoms with Gasteiger partial charge in [-0.25, -0.2) is 23.1 Å². The predicted octanol–water partition coefficient (Wildman–Crippen LogP) is 2.24. The molecule has 0 aromatic carbocycles. The molecule has 11 heteroatoms. The molecule has 0 amide bonds. The second-order valence-corrected chi connectivity index (χ2v) is 8.85. The van der Waals surface area contributed by atoms with Crippen molar-refractivity contribution in [2.75, 3.05) is 11.8 Å². The Morgan fingerprint density at radius 3 is 2.63 bits per heavy atom. The molecule has 0 radical (unpaired) electrons. The summed E-state index contributed by atoms with van der Waals surface area (Å²) < 4.78 is 37.1. The van der Waals surface area contributed by atoms with Gasteiger partial charge in [0.1, 0.15) is 10.6 Å². The highest BCUT2D eigenvalue weighted by Gasteiger charge is 2.25. The average molecular weight is 425 g/mol.